The summed E-state index contributed by atoms with van der Waals surface area (Å²) in [4.78, 5) is 3.49. The Morgan fingerprint density at radius 1 is 1.54 bits per heavy atom. The highest BCUT2D eigenvalue weighted by Gasteiger charge is 2.20. The van der Waals surface area contributed by atoms with Gasteiger partial charge in [-0.05, 0) is 0 Å². The first-order chi connectivity index (χ1) is 6.07. The van der Waals surface area contributed by atoms with E-state index in [2.05, 4.69) is 20.9 Å². The Labute approximate surface area is 86.0 Å². The lowest BCUT2D eigenvalue weighted by Crippen LogP contribution is -1.99. The molecule has 0 saturated heterocycles. The van der Waals surface area contributed by atoms with E-state index in [9.17, 15) is 13.2 Å². The Bertz CT molecular complexity index is 319. The monoisotopic (exact) mass is 273 g/mol. The molecule has 13 heavy (non-hydrogen) atoms. The fourth-order valence-corrected chi connectivity index (χ4v) is 1.53. The fraction of sp³-hybridized carbons (Fsp3) is 0.286. The van der Waals surface area contributed by atoms with Gasteiger partial charge in [0.2, 0.25) is 0 Å². The highest BCUT2D eigenvalue weighted by molar-refractivity contribution is 9.08. The van der Waals surface area contributed by atoms with Gasteiger partial charge in [0.1, 0.15) is 0 Å². The maximum Gasteiger partial charge on any atom is 0.267 e. The number of nitrogens with zero attached hydrogens (tertiary/aromatic N) is 1. The van der Waals surface area contributed by atoms with Crippen molar-refractivity contribution in [3.8, 4) is 0 Å². The third-order valence-electron chi connectivity index (χ3n) is 1.44. The Balaban J connectivity index is 3.32. The van der Waals surface area contributed by atoms with Crippen LogP contribution in [0.1, 0.15) is 17.7 Å². The summed E-state index contributed by atoms with van der Waals surface area (Å²) >= 11 is 8.31. The SMILES string of the molecule is Fc1cnc(CBr)c(C(F)F)c1Cl. The standard InChI is InChI=1S/C7H4BrClF3N/c8-1-4-5(7(11)12)6(9)3(10)2-13-4/h2,7H,1H2. The summed E-state index contributed by atoms with van der Waals surface area (Å²) in [5.74, 6) is -0.929. The van der Waals surface area contributed by atoms with Crippen LogP contribution in [0.4, 0.5) is 13.2 Å². The predicted octanol–water partition coefficient (Wildman–Crippen LogP) is 3.71. The molecule has 1 aromatic rings. The summed E-state index contributed by atoms with van der Waals surface area (Å²) in [6.07, 6.45) is -1.99. The van der Waals surface area contributed by atoms with Crippen molar-refractivity contribution in [1.82, 2.24) is 4.98 Å². The predicted molar refractivity (Wildman–Crippen MR) is 46.8 cm³/mol. The normalized spacial score (nSPS) is 10.9. The lowest BCUT2D eigenvalue weighted by molar-refractivity contribution is 0.149. The van der Waals surface area contributed by atoms with Gasteiger partial charge in [0.25, 0.3) is 6.43 Å². The molecule has 0 atom stereocenters. The number of hydrogen-bond donors (Lipinski definition) is 0. The summed E-state index contributed by atoms with van der Waals surface area (Å²) in [5.41, 5.74) is -0.486. The maximum atomic E-state index is 12.7. The number of alkyl halides is 3. The van der Waals surface area contributed by atoms with Crippen molar-refractivity contribution in [3.05, 3.63) is 28.3 Å². The van der Waals surface area contributed by atoms with Crippen molar-refractivity contribution in [3.63, 3.8) is 0 Å². The summed E-state index contributed by atoms with van der Waals surface area (Å²) in [6, 6.07) is 0. The highest BCUT2D eigenvalue weighted by atomic mass is 79.9. The number of rotatable bonds is 2. The molecule has 0 radical (unpaired) electrons. The third-order valence-corrected chi connectivity index (χ3v) is 2.35. The fourth-order valence-electron chi connectivity index (χ4n) is 0.844. The summed E-state index contributed by atoms with van der Waals surface area (Å²) in [7, 11) is 0. The van der Waals surface area contributed by atoms with E-state index < -0.39 is 22.8 Å². The second-order valence-electron chi connectivity index (χ2n) is 2.21. The summed E-state index contributed by atoms with van der Waals surface area (Å²) in [5, 5.41) is -0.438. The molecule has 0 unspecified atom stereocenters. The van der Waals surface area contributed by atoms with Gasteiger partial charge in [-0.2, -0.15) is 0 Å². The molecule has 1 aromatic heterocycles. The Morgan fingerprint density at radius 2 is 2.15 bits per heavy atom. The van der Waals surface area contributed by atoms with Crippen LogP contribution in [-0.2, 0) is 5.33 Å². The van der Waals surface area contributed by atoms with Gasteiger partial charge in [0, 0.05) is 5.33 Å². The second-order valence-corrected chi connectivity index (χ2v) is 3.15. The van der Waals surface area contributed by atoms with E-state index in [1.165, 1.54) is 0 Å². The molecule has 0 fully saturated rings. The van der Waals surface area contributed by atoms with E-state index in [4.69, 9.17) is 11.6 Å². The largest absolute Gasteiger partial charge is 0.267 e. The molecule has 0 bridgehead atoms. The van der Waals surface area contributed by atoms with Crippen LogP contribution in [0.15, 0.2) is 6.20 Å². The van der Waals surface area contributed by atoms with E-state index in [1.807, 2.05) is 0 Å². The van der Waals surface area contributed by atoms with Crippen molar-refractivity contribution in [2.45, 2.75) is 11.8 Å². The van der Waals surface area contributed by atoms with Crippen molar-refractivity contribution in [2.24, 2.45) is 0 Å². The van der Waals surface area contributed by atoms with Crippen LogP contribution in [0, 0.1) is 5.82 Å². The minimum Gasteiger partial charge on any atom is -0.257 e. The molecule has 0 amide bonds. The Hall–Kier alpha value is -0.290. The zero-order valence-electron chi connectivity index (χ0n) is 6.20. The van der Waals surface area contributed by atoms with E-state index in [1.54, 1.807) is 0 Å². The molecule has 1 heterocycles. The van der Waals surface area contributed by atoms with E-state index >= 15 is 0 Å². The molecule has 72 valence electrons. The van der Waals surface area contributed by atoms with Gasteiger partial charge < -0.3 is 0 Å². The van der Waals surface area contributed by atoms with E-state index in [0.717, 1.165) is 6.20 Å². The van der Waals surface area contributed by atoms with Crippen LogP contribution >= 0.6 is 27.5 Å². The second kappa shape index (κ2) is 4.28. The molecule has 1 nitrogen and oxygen atoms in total. The van der Waals surface area contributed by atoms with Crippen LogP contribution < -0.4 is 0 Å². The van der Waals surface area contributed by atoms with Crippen LogP contribution in [0.3, 0.4) is 0 Å². The Kier molecular flexibility index (Phi) is 3.55. The minimum absolute atomic E-state index is 0.0569. The van der Waals surface area contributed by atoms with Crippen LogP contribution in [0.25, 0.3) is 0 Å². The molecule has 0 aliphatic rings. The minimum atomic E-state index is -2.82. The average molecular weight is 274 g/mol. The average Bonchev–Trinajstić information content (AvgIpc) is 2.08. The van der Waals surface area contributed by atoms with Gasteiger partial charge >= 0.3 is 0 Å². The van der Waals surface area contributed by atoms with E-state index in [0.29, 0.717) is 0 Å². The quantitative estimate of drug-likeness (QED) is 0.749. The van der Waals surface area contributed by atoms with Gasteiger partial charge in [-0.3, -0.25) is 4.98 Å². The molecule has 0 spiro atoms. The first kappa shape index (κ1) is 10.8. The van der Waals surface area contributed by atoms with Gasteiger partial charge in [-0.25, -0.2) is 13.2 Å². The number of hydrogen-bond acceptors (Lipinski definition) is 1. The van der Waals surface area contributed by atoms with Gasteiger partial charge in [-0.15, -0.1) is 0 Å². The molecule has 0 N–H and O–H groups in total. The first-order valence-electron chi connectivity index (χ1n) is 3.24. The first-order valence-corrected chi connectivity index (χ1v) is 4.74. The molecule has 0 aromatic carbocycles. The van der Waals surface area contributed by atoms with Gasteiger partial charge in [0.15, 0.2) is 5.82 Å². The highest BCUT2D eigenvalue weighted by Crippen LogP contribution is 2.31. The maximum absolute atomic E-state index is 12.7. The molecule has 0 aliphatic heterocycles. The lowest BCUT2D eigenvalue weighted by atomic mass is 10.2. The lowest BCUT2D eigenvalue weighted by Gasteiger charge is -2.07. The Morgan fingerprint density at radius 3 is 2.62 bits per heavy atom. The smallest absolute Gasteiger partial charge is 0.257 e. The van der Waals surface area contributed by atoms with Crippen LogP contribution in [0.2, 0.25) is 5.02 Å². The molecule has 0 saturated carbocycles. The molecule has 1 rings (SSSR count). The van der Waals surface area contributed by atoms with Crippen LogP contribution in [0.5, 0.6) is 0 Å². The zero-order chi connectivity index (χ0) is 10.0. The zero-order valence-corrected chi connectivity index (χ0v) is 8.54. The van der Waals surface area contributed by atoms with E-state index in [-0.39, 0.29) is 11.0 Å². The van der Waals surface area contributed by atoms with Gasteiger partial charge in [-0.1, -0.05) is 27.5 Å². The van der Waals surface area contributed by atoms with Crippen molar-refractivity contribution < 1.29 is 13.2 Å². The topological polar surface area (TPSA) is 12.9 Å². The number of pyridine rings is 1. The van der Waals surface area contributed by atoms with Crippen LogP contribution in [-0.4, -0.2) is 4.98 Å². The molecular formula is C7H4BrClF3N. The third kappa shape index (κ3) is 2.14. The molecule has 0 aliphatic carbocycles. The molecular weight excluding hydrogens is 270 g/mol. The van der Waals surface area contributed by atoms with Crippen molar-refractivity contribution in [1.29, 1.82) is 0 Å². The van der Waals surface area contributed by atoms with Crippen molar-refractivity contribution in [2.75, 3.05) is 0 Å². The molecule has 6 heteroatoms. The number of aromatic nitrogens is 1. The number of halogens is 5. The summed E-state index contributed by atoms with van der Waals surface area (Å²) < 4.78 is 37.4. The summed E-state index contributed by atoms with van der Waals surface area (Å²) in [6.45, 7) is 0. The van der Waals surface area contributed by atoms with Gasteiger partial charge in [0.05, 0.1) is 22.5 Å². The van der Waals surface area contributed by atoms with Crippen molar-refractivity contribution >= 4 is 27.5 Å².